The van der Waals surface area contributed by atoms with E-state index in [2.05, 4.69) is 59.9 Å². The van der Waals surface area contributed by atoms with E-state index in [9.17, 15) is 0 Å². The molecular weight excluding hydrogens is 280 g/mol. The minimum Gasteiger partial charge on any atom is -0.125 e. The van der Waals surface area contributed by atoms with E-state index in [1.807, 2.05) is 18.2 Å². The second kappa shape index (κ2) is 6.83. The van der Waals surface area contributed by atoms with Crippen LogP contribution >= 0.6 is 11.6 Å². The maximum Gasteiger partial charge on any atom is 0.146 e. The van der Waals surface area contributed by atoms with Gasteiger partial charge in [-0.1, -0.05) is 59.1 Å². The second-order valence-corrected chi connectivity index (χ2v) is 12.6. The second-order valence-electron chi connectivity index (χ2n) is 6.61. The van der Waals surface area contributed by atoms with Crippen molar-refractivity contribution >= 4 is 19.7 Å². The smallest absolute Gasteiger partial charge is 0.125 e. The molecule has 0 bridgehead atoms. The SMILES string of the molecule is Cc1cc(Cl)ccc1C#C[Si](C(C)C)(C(C)C)C(C)C. The molecule has 0 N–H and O–H groups in total. The topological polar surface area (TPSA) is 0 Å². The van der Waals surface area contributed by atoms with E-state index in [0.717, 1.165) is 10.6 Å². The van der Waals surface area contributed by atoms with E-state index in [0.29, 0.717) is 16.6 Å². The van der Waals surface area contributed by atoms with Crippen LogP contribution < -0.4 is 0 Å². The van der Waals surface area contributed by atoms with Crippen molar-refractivity contribution in [2.45, 2.75) is 65.1 Å². The largest absolute Gasteiger partial charge is 0.146 e. The van der Waals surface area contributed by atoms with Crippen LogP contribution in [-0.4, -0.2) is 8.07 Å². The van der Waals surface area contributed by atoms with Gasteiger partial charge in [-0.15, -0.1) is 5.54 Å². The first-order chi connectivity index (χ1) is 9.21. The Balaban J connectivity index is 3.30. The highest BCUT2D eigenvalue weighted by Crippen LogP contribution is 2.40. The Bertz CT molecular complexity index is 496. The molecule has 0 saturated heterocycles. The molecule has 2 heteroatoms. The van der Waals surface area contributed by atoms with Crippen molar-refractivity contribution in [2.75, 3.05) is 0 Å². The van der Waals surface area contributed by atoms with Crippen LogP contribution in [0, 0.1) is 18.4 Å². The predicted octanol–water partition coefficient (Wildman–Crippen LogP) is 6.22. The number of hydrogen-bond donors (Lipinski definition) is 0. The fourth-order valence-electron chi connectivity index (χ4n) is 3.38. The van der Waals surface area contributed by atoms with Crippen molar-refractivity contribution in [2.24, 2.45) is 0 Å². The minimum absolute atomic E-state index is 0.669. The van der Waals surface area contributed by atoms with Crippen LogP contribution in [0.3, 0.4) is 0 Å². The quantitative estimate of drug-likeness (QED) is 0.459. The Labute approximate surface area is 130 Å². The number of benzene rings is 1. The first kappa shape index (κ1) is 17.3. The van der Waals surface area contributed by atoms with Gasteiger partial charge in [-0.3, -0.25) is 0 Å². The number of halogens is 1. The number of hydrogen-bond acceptors (Lipinski definition) is 0. The van der Waals surface area contributed by atoms with Gasteiger partial charge in [0.25, 0.3) is 0 Å². The van der Waals surface area contributed by atoms with E-state index in [1.54, 1.807) is 0 Å². The molecule has 0 heterocycles. The molecule has 0 aliphatic carbocycles. The molecule has 0 aromatic heterocycles. The molecule has 1 aromatic rings. The lowest BCUT2D eigenvalue weighted by atomic mass is 10.1. The summed E-state index contributed by atoms with van der Waals surface area (Å²) >= 11 is 6.02. The summed E-state index contributed by atoms with van der Waals surface area (Å²) in [5.74, 6) is 3.48. The predicted molar refractivity (Wildman–Crippen MR) is 94.1 cm³/mol. The molecule has 0 atom stereocenters. The zero-order chi connectivity index (χ0) is 15.5. The van der Waals surface area contributed by atoms with Gasteiger partial charge in [0.1, 0.15) is 8.07 Å². The van der Waals surface area contributed by atoms with Gasteiger partial charge in [-0.25, -0.2) is 0 Å². The molecule has 0 aliphatic heterocycles. The molecule has 0 fully saturated rings. The molecule has 110 valence electrons. The molecule has 0 spiro atoms. The van der Waals surface area contributed by atoms with Crippen molar-refractivity contribution < 1.29 is 0 Å². The molecule has 0 aliphatic rings. The Morgan fingerprint density at radius 2 is 1.45 bits per heavy atom. The maximum absolute atomic E-state index is 6.02. The normalized spacial score (nSPS) is 11.9. The standard InChI is InChI=1S/C18H27ClSi/c1-13(2)20(14(3)4,15(5)6)11-10-17-8-9-18(19)12-16(17)7/h8-9,12-15H,1-7H3. The van der Waals surface area contributed by atoms with Crippen molar-refractivity contribution in [3.63, 3.8) is 0 Å². The van der Waals surface area contributed by atoms with Gasteiger partial charge < -0.3 is 0 Å². The molecule has 0 radical (unpaired) electrons. The van der Waals surface area contributed by atoms with Gasteiger partial charge in [0, 0.05) is 10.6 Å². The highest BCUT2D eigenvalue weighted by Gasteiger charge is 2.41. The zero-order valence-electron chi connectivity index (χ0n) is 13.8. The van der Waals surface area contributed by atoms with E-state index >= 15 is 0 Å². The Morgan fingerprint density at radius 1 is 0.950 bits per heavy atom. The van der Waals surface area contributed by atoms with Crippen LogP contribution in [0.2, 0.25) is 21.6 Å². The lowest BCUT2D eigenvalue weighted by Gasteiger charge is -2.38. The molecule has 0 saturated carbocycles. The average Bonchev–Trinajstić information content (AvgIpc) is 2.30. The van der Waals surface area contributed by atoms with Gasteiger partial charge in [0.15, 0.2) is 0 Å². The van der Waals surface area contributed by atoms with E-state index in [4.69, 9.17) is 11.6 Å². The summed E-state index contributed by atoms with van der Waals surface area (Å²) in [6.45, 7) is 16.1. The molecule has 0 unspecified atom stereocenters. The summed E-state index contributed by atoms with van der Waals surface area (Å²) in [4.78, 5) is 0. The average molecular weight is 307 g/mol. The van der Waals surface area contributed by atoms with Crippen LogP contribution in [0.1, 0.15) is 52.7 Å². The zero-order valence-corrected chi connectivity index (χ0v) is 15.6. The lowest BCUT2D eigenvalue weighted by Crippen LogP contribution is -2.43. The minimum atomic E-state index is -1.64. The Hall–Kier alpha value is -0.713. The first-order valence-electron chi connectivity index (χ1n) is 7.51. The highest BCUT2D eigenvalue weighted by atomic mass is 35.5. The fourth-order valence-corrected chi connectivity index (χ4v) is 8.82. The third-order valence-electron chi connectivity index (χ3n) is 4.47. The summed E-state index contributed by atoms with van der Waals surface area (Å²) in [5, 5.41) is 0.785. The molecule has 0 nitrogen and oxygen atoms in total. The summed E-state index contributed by atoms with van der Waals surface area (Å²) < 4.78 is 0. The highest BCUT2D eigenvalue weighted by molar-refractivity contribution is 6.90. The fraction of sp³-hybridized carbons (Fsp3) is 0.556. The van der Waals surface area contributed by atoms with Crippen molar-refractivity contribution in [3.05, 3.63) is 34.3 Å². The van der Waals surface area contributed by atoms with Crippen LogP contribution in [0.15, 0.2) is 18.2 Å². The molecule has 1 aromatic carbocycles. The van der Waals surface area contributed by atoms with Crippen LogP contribution in [-0.2, 0) is 0 Å². The molecule has 1 rings (SSSR count). The van der Waals surface area contributed by atoms with Crippen LogP contribution in [0.4, 0.5) is 0 Å². The summed E-state index contributed by atoms with van der Waals surface area (Å²) in [5.41, 5.74) is 8.05. The van der Waals surface area contributed by atoms with Crippen LogP contribution in [0.5, 0.6) is 0 Å². The first-order valence-corrected chi connectivity index (χ1v) is 10.1. The number of aryl methyl sites for hydroxylation is 1. The number of rotatable bonds is 3. The van der Waals surface area contributed by atoms with E-state index < -0.39 is 8.07 Å². The van der Waals surface area contributed by atoms with Crippen LogP contribution in [0.25, 0.3) is 0 Å². The van der Waals surface area contributed by atoms with Crippen molar-refractivity contribution in [3.8, 4) is 11.5 Å². The Kier molecular flexibility index (Phi) is 5.92. The third-order valence-corrected chi connectivity index (χ3v) is 11.0. The lowest BCUT2D eigenvalue weighted by molar-refractivity contribution is 0.838. The summed E-state index contributed by atoms with van der Waals surface area (Å²) in [6, 6.07) is 5.97. The molecular formula is C18H27ClSi. The van der Waals surface area contributed by atoms with Crippen molar-refractivity contribution in [1.29, 1.82) is 0 Å². The maximum atomic E-state index is 6.02. The van der Waals surface area contributed by atoms with Gasteiger partial charge in [0.05, 0.1) is 0 Å². The summed E-state index contributed by atoms with van der Waals surface area (Å²) in [6.07, 6.45) is 0. The van der Waals surface area contributed by atoms with Gasteiger partial charge in [-0.05, 0) is 47.3 Å². The third kappa shape index (κ3) is 3.48. The monoisotopic (exact) mass is 306 g/mol. The molecule has 0 amide bonds. The molecule has 20 heavy (non-hydrogen) atoms. The Morgan fingerprint density at radius 3 is 1.85 bits per heavy atom. The summed E-state index contributed by atoms with van der Waals surface area (Å²) in [7, 11) is -1.64. The van der Waals surface area contributed by atoms with Gasteiger partial charge in [0.2, 0.25) is 0 Å². The van der Waals surface area contributed by atoms with Gasteiger partial charge >= 0.3 is 0 Å². The van der Waals surface area contributed by atoms with E-state index in [1.165, 1.54) is 5.56 Å². The van der Waals surface area contributed by atoms with Crippen molar-refractivity contribution in [1.82, 2.24) is 0 Å². The van der Waals surface area contributed by atoms with Gasteiger partial charge in [-0.2, -0.15) is 0 Å². The van der Waals surface area contributed by atoms with E-state index in [-0.39, 0.29) is 0 Å².